The fraction of sp³-hybridized carbons (Fsp3) is 0.289. The Bertz CT molecular complexity index is 2370. The Morgan fingerprint density at radius 2 is 1.73 bits per heavy atom. The molecular weight excluding hydrogens is 659 g/mol. The summed E-state index contributed by atoms with van der Waals surface area (Å²) in [6.45, 7) is 12.5. The first-order valence-electron chi connectivity index (χ1n) is 17.1. The molecule has 5 heterocycles. The topological polar surface area (TPSA) is 118 Å². The molecule has 7 rings (SSSR count). The molecule has 0 fully saturated rings. The molecule has 262 valence electrons. The normalized spacial score (nSPS) is 12.5. The van der Waals surface area contributed by atoms with E-state index in [1.807, 2.05) is 108 Å². The van der Waals surface area contributed by atoms with E-state index in [1.165, 1.54) is 0 Å². The van der Waals surface area contributed by atoms with E-state index in [-0.39, 0.29) is 5.56 Å². The van der Waals surface area contributed by atoms with Crippen LogP contribution in [0.4, 0.5) is 5.82 Å². The molecule has 51 heavy (non-hydrogen) atoms. The zero-order valence-corrected chi connectivity index (χ0v) is 30.9. The van der Waals surface area contributed by atoms with Gasteiger partial charge in [0.1, 0.15) is 35.8 Å². The van der Waals surface area contributed by atoms with Crippen LogP contribution in [0, 0.1) is 6.92 Å². The Morgan fingerprint density at radius 1 is 0.941 bits per heavy atom. The Hall–Kier alpha value is -5.53. The molecule has 1 atom stereocenters. The van der Waals surface area contributed by atoms with Crippen LogP contribution >= 0.6 is 0 Å². The van der Waals surface area contributed by atoms with E-state index in [0.717, 1.165) is 45.3 Å². The van der Waals surface area contributed by atoms with Crippen molar-refractivity contribution in [3.63, 3.8) is 0 Å². The quantitative estimate of drug-likeness (QED) is 0.101. The molecule has 1 N–H and O–H groups in total. The Balaban J connectivity index is 1.30. The highest BCUT2D eigenvalue weighted by atomic mass is 28.3. The first-order chi connectivity index (χ1) is 24.6. The second kappa shape index (κ2) is 14.0. The van der Waals surface area contributed by atoms with Gasteiger partial charge in [-0.2, -0.15) is 10.2 Å². The van der Waals surface area contributed by atoms with Gasteiger partial charge < -0.3 is 19.4 Å². The highest BCUT2D eigenvalue weighted by molar-refractivity contribution is 6.76. The van der Waals surface area contributed by atoms with E-state index in [0.29, 0.717) is 42.7 Å². The highest BCUT2D eigenvalue weighted by Gasteiger charge is 2.24. The highest BCUT2D eigenvalue weighted by Crippen LogP contribution is 2.35. The van der Waals surface area contributed by atoms with Gasteiger partial charge in [-0.3, -0.25) is 14.0 Å². The standard InChI is InChI=1S/C38H43N9O3Si/c1-26-16-19-46-34(26)38(48)47(29-13-8-7-9-14-29)36(43-46)27(2)41-35-33-30(23-44(37(33)40-24-39-35)25-50-20-21-51(4,5)6)31-17-18-45(42-31)22-28-12-10-11-15-32(28)49-3/h7-19,23-24,27H,20-22,25H2,1-6H3,(H,39,40,41)/t27-/m0/s1. The zero-order valence-electron chi connectivity index (χ0n) is 29.9. The van der Waals surface area contributed by atoms with Gasteiger partial charge in [0.05, 0.1) is 36.5 Å². The van der Waals surface area contributed by atoms with E-state index < -0.39 is 14.1 Å². The monoisotopic (exact) mass is 701 g/mol. The van der Waals surface area contributed by atoms with Crippen molar-refractivity contribution in [2.24, 2.45) is 0 Å². The third-order valence-electron chi connectivity index (χ3n) is 8.99. The first-order valence-corrected chi connectivity index (χ1v) is 20.8. The van der Waals surface area contributed by atoms with Crippen molar-refractivity contribution >= 4 is 30.4 Å². The lowest BCUT2D eigenvalue weighted by Crippen LogP contribution is -2.29. The summed E-state index contributed by atoms with van der Waals surface area (Å²) in [6, 6.07) is 22.1. The SMILES string of the molecule is COc1ccccc1Cn1ccc(-c2cn(COCC[Si](C)(C)C)c3ncnc(N[C@@H](C)c4nn5ccc(C)c5c(=O)n4-c4ccccc4)c23)n1. The number of anilines is 1. The molecule has 12 nitrogen and oxygen atoms in total. The summed E-state index contributed by atoms with van der Waals surface area (Å²) in [6.07, 6.45) is 7.37. The number of methoxy groups -OCH3 is 1. The largest absolute Gasteiger partial charge is 0.496 e. The maximum atomic E-state index is 14.0. The van der Waals surface area contributed by atoms with Gasteiger partial charge in [-0.25, -0.2) is 14.5 Å². The number of benzene rings is 2. The lowest BCUT2D eigenvalue weighted by atomic mass is 10.1. The van der Waals surface area contributed by atoms with Crippen LogP contribution in [-0.2, 0) is 18.0 Å². The maximum absolute atomic E-state index is 14.0. The number of aromatic nitrogens is 8. The average molecular weight is 702 g/mol. The lowest BCUT2D eigenvalue weighted by molar-refractivity contribution is 0.0899. The van der Waals surface area contributed by atoms with Crippen LogP contribution in [0.3, 0.4) is 0 Å². The molecule has 0 spiro atoms. The Kier molecular flexibility index (Phi) is 9.32. The van der Waals surface area contributed by atoms with Crippen LogP contribution < -0.4 is 15.6 Å². The van der Waals surface area contributed by atoms with Crippen LogP contribution in [0.5, 0.6) is 5.75 Å². The third-order valence-corrected chi connectivity index (χ3v) is 10.7. The van der Waals surface area contributed by atoms with Crippen molar-refractivity contribution < 1.29 is 9.47 Å². The molecule has 0 radical (unpaired) electrons. The molecule has 5 aromatic heterocycles. The number of hydrogen-bond acceptors (Lipinski definition) is 8. The van der Waals surface area contributed by atoms with Gasteiger partial charge in [0.15, 0.2) is 5.82 Å². The lowest BCUT2D eigenvalue weighted by Gasteiger charge is -2.20. The van der Waals surface area contributed by atoms with Crippen molar-refractivity contribution in [2.45, 2.75) is 58.9 Å². The minimum Gasteiger partial charge on any atom is -0.496 e. The van der Waals surface area contributed by atoms with E-state index in [9.17, 15) is 4.79 Å². The van der Waals surface area contributed by atoms with Crippen LogP contribution in [0.25, 0.3) is 33.5 Å². The van der Waals surface area contributed by atoms with Crippen LogP contribution in [0.2, 0.25) is 25.7 Å². The van der Waals surface area contributed by atoms with Gasteiger partial charge in [0.2, 0.25) is 0 Å². The molecule has 2 aromatic carbocycles. The summed E-state index contributed by atoms with van der Waals surface area (Å²) in [5.41, 5.74) is 5.37. The molecule has 0 aliphatic carbocycles. The second-order valence-corrected chi connectivity index (χ2v) is 19.6. The molecule has 13 heteroatoms. The number of fused-ring (bicyclic) bond motifs is 2. The van der Waals surface area contributed by atoms with Crippen LogP contribution in [0.1, 0.15) is 29.9 Å². The fourth-order valence-corrected chi connectivity index (χ4v) is 7.03. The van der Waals surface area contributed by atoms with E-state index in [2.05, 4.69) is 25.0 Å². The second-order valence-electron chi connectivity index (χ2n) is 14.0. The van der Waals surface area contributed by atoms with Crippen molar-refractivity contribution in [1.82, 2.24) is 38.5 Å². The van der Waals surface area contributed by atoms with Crippen molar-refractivity contribution in [1.29, 1.82) is 0 Å². The zero-order chi connectivity index (χ0) is 35.7. The van der Waals surface area contributed by atoms with Gasteiger partial charge in [0.25, 0.3) is 5.56 Å². The van der Waals surface area contributed by atoms with Gasteiger partial charge in [-0.05, 0) is 55.8 Å². The molecule has 0 unspecified atom stereocenters. The summed E-state index contributed by atoms with van der Waals surface area (Å²) >= 11 is 0. The fourth-order valence-electron chi connectivity index (χ4n) is 6.28. The average Bonchev–Trinajstić information content (AvgIpc) is 3.84. The number of aryl methyl sites for hydroxylation is 1. The Labute approximate surface area is 297 Å². The predicted octanol–water partition coefficient (Wildman–Crippen LogP) is 6.94. The summed E-state index contributed by atoms with van der Waals surface area (Å²) in [4.78, 5) is 23.5. The number of para-hydroxylation sites is 2. The van der Waals surface area contributed by atoms with Crippen molar-refractivity contribution in [3.8, 4) is 22.7 Å². The Morgan fingerprint density at radius 3 is 2.51 bits per heavy atom. The van der Waals surface area contributed by atoms with Crippen molar-refractivity contribution in [3.05, 3.63) is 119 Å². The minimum absolute atomic E-state index is 0.141. The number of ether oxygens (including phenoxy) is 2. The maximum Gasteiger partial charge on any atom is 0.282 e. The number of hydrogen-bond donors (Lipinski definition) is 1. The predicted molar refractivity (Wildman–Crippen MR) is 203 cm³/mol. The van der Waals surface area contributed by atoms with Gasteiger partial charge in [-0.1, -0.05) is 56.0 Å². The molecule has 0 aliphatic rings. The summed E-state index contributed by atoms with van der Waals surface area (Å²) < 4.78 is 19.0. The summed E-state index contributed by atoms with van der Waals surface area (Å²) in [7, 11) is 0.411. The van der Waals surface area contributed by atoms with Gasteiger partial charge in [0, 0.05) is 44.4 Å². The molecule has 0 aliphatic heterocycles. The number of rotatable bonds is 13. The minimum atomic E-state index is -1.27. The van der Waals surface area contributed by atoms with Gasteiger partial charge >= 0.3 is 0 Å². The molecule has 0 saturated heterocycles. The number of nitrogens with one attached hydrogen (secondary N) is 1. The summed E-state index contributed by atoms with van der Waals surface area (Å²) in [5.74, 6) is 1.95. The molecule has 7 aromatic rings. The smallest absolute Gasteiger partial charge is 0.282 e. The molecule has 0 amide bonds. The van der Waals surface area contributed by atoms with Gasteiger partial charge in [-0.15, -0.1) is 0 Å². The van der Waals surface area contributed by atoms with E-state index >= 15 is 0 Å². The molecular formula is C38H43N9O3Si. The summed E-state index contributed by atoms with van der Waals surface area (Å²) in [5, 5.41) is 14.3. The third kappa shape index (κ3) is 6.94. The first kappa shape index (κ1) is 33.9. The van der Waals surface area contributed by atoms with Crippen LogP contribution in [0.15, 0.2) is 96.4 Å². The van der Waals surface area contributed by atoms with Crippen LogP contribution in [-0.4, -0.2) is 60.3 Å². The molecule has 0 bridgehead atoms. The number of nitrogens with zero attached hydrogens (tertiary/aromatic N) is 8. The van der Waals surface area contributed by atoms with E-state index in [4.69, 9.17) is 29.6 Å². The van der Waals surface area contributed by atoms with E-state index in [1.54, 1.807) is 22.5 Å². The molecule has 0 saturated carbocycles. The van der Waals surface area contributed by atoms with Crippen molar-refractivity contribution in [2.75, 3.05) is 19.0 Å².